The lowest BCUT2D eigenvalue weighted by Crippen LogP contribution is -2.02. The maximum atomic E-state index is 12.2. The molecule has 1 aromatic heterocycles. The first-order valence-corrected chi connectivity index (χ1v) is 9.76. The van der Waals surface area contributed by atoms with E-state index in [0.717, 1.165) is 0 Å². The van der Waals surface area contributed by atoms with E-state index >= 15 is 0 Å². The fourth-order valence-electron chi connectivity index (χ4n) is 3.36. The summed E-state index contributed by atoms with van der Waals surface area (Å²) in [5.41, 5.74) is 2.80. The number of carboxylic acid groups (broad SMARTS) is 1. The number of benzene rings is 3. The number of carbonyl (C=O) groups is 1. The third kappa shape index (κ3) is 3.65. The van der Waals surface area contributed by atoms with Crippen LogP contribution in [0.25, 0.3) is 28.1 Å². The minimum atomic E-state index is -1.16. The van der Waals surface area contributed by atoms with Crippen molar-refractivity contribution in [2.75, 3.05) is 7.11 Å². The van der Waals surface area contributed by atoms with Crippen LogP contribution >= 0.6 is 23.2 Å². The second-order valence-corrected chi connectivity index (χ2v) is 7.35. The lowest BCUT2D eigenvalue weighted by molar-refractivity contribution is 0.0691. The summed E-state index contributed by atoms with van der Waals surface area (Å²) in [6, 6.07) is 21.5. The molecule has 5 nitrogen and oxygen atoms in total. The topological polar surface area (TPSA) is 64.3 Å². The molecule has 0 fully saturated rings. The van der Waals surface area contributed by atoms with E-state index in [2.05, 4.69) is 5.10 Å². The molecule has 1 N–H and O–H groups in total. The molecule has 0 saturated carbocycles. The van der Waals surface area contributed by atoms with Crippen molar-refractivity contribution in [1.82, 2.24) is 9.78 Å². The van der Waals surface area contributed by atoms with Crippen LogP contribution in [0.2, 0.25) is 10.0 Å². The molecule has 4 rings (SSSR count). The van der Waals surface area contributed by atoms with Crippen molar-refractivity contribution in [3.8, 4) is 33.8 Å². The third-order valence-corrected chi connectivity index (χ3v) is 5.09. The second kappa shape index (κ2) is 8.22. The first-order chi connectivity index (χ1) is 14.5. The van der Waals surface area contributed by atoms with Gasteiger partial charge in [-0.15, -0.1) is 0 Å². The van der Waals surface area contributed by atoms with Gasteiger partial charge in [-0.25, -0.2) is 9.48 Å². The highest BCUT2D eigenvalue weighted by Gasteiger charge is 2.28. The molecule has 150 valence electrons. The molecule has 0 saturated heterocycles. The Balaban J connectivity index is 2.15. The average Bonchev–Trinajstić information content (AvgIpc) is 3.15. The van der Waals surface area contributed by atoms with Gasteiger partial charge in [-0.2, -0.15) is 5.10 Å². The van der Waals surface area contributed by atoms with Crippen LogP contribution in [0.3, 0.4) is 0 Å². The second-order valence-electron chi connectivity index (χ2n) is 6.48. The number of nitrogens with zero attached hydrogens (tertiary/aromatic N) is 2. The van der Waals surface area contributed by atoms with Gasteiger partial charge in [0.15, 0.2) is 5.69 Å². The Kier molecular flexibility index (Phi) is 5.48. The predicted molar refractivity (Wildman–Crippen MR) is 118 cm³/mol. The quantitative estimate of drug-likeness (QED) is 0.401. The van der Waals surface area contributed by atoms with Crippen LogP contribution in [-0.2, 0) is 0 Å². The van der Waals surface area contributed by atoms with E-state index in [-0.39, 0.29) is 5.69 Å². The number of para-hydroxylation sites is 1. The van der Waals surface area contributed by atoms with Crippen LogP contribution in [0.1, 0.15) is 10.5 Å². The zero-order valence-corrected chi connectivity index (χ0v) is 17.4. The third-order valence-electron chi connectivity index (χ3n) is 4.62. The smallest absolute Gasteiger partial charge is 0.357 e. The fourth-order valence-corrected chi connectivity index (χ4v) is 3.72. The molecule has 0 aliphatic carbocycles. The van der Waals surface area contributed by atoms with Crippen molar-refractivity contribution in [1.29, 1.82) is 0 Å². The minimum Gasteiger partial charge on any atom is -0.496 e. The summed E-state index contributed by atoms with van der Waals surface area (Å²) in [6.45, 7) is 0. The largest absolute Gasteiger partial charge is 0.496 e. The zero-order valence-electron chi connectivity index (χ0n) is 15.8. The van der Waals surface area contributed by atoms with E-state index < -0.39 is 5.97 Å². The van der Waals surface area contributed by atoms with Crippen LogP contribution < -0.4 is 4.74 Å². The average molecular weight is 439 g/mol. The number of methoxy groups -OCH3 is 1. The molecule has 0 bridgehead atoms. The molecule has 0 aliphatic rings. The monoisotopic (exact) mass is 438 g/mol. The molecule has 0 unspecified atom stereocenters. The Labute approximate surface area is 183 Å². The van der Waals surface area contributed by atoms with Gasteiger partial charge in [-0.3, -0.25) is 0 Å². The molecule has 0 radical (unpaired) electrons. The van der Waals surface area contributed by atoms with Gasteiger partial charge in [0.25, 0.3) is 0 Å². The van der Waals surface area contributed by atoms with Crippen molar-refractivity contribution in [3.63, 3.8) is 0 Å². The molecule has 0 spiro atoms. The van der Waals surface area contributed by atoms with E-state index in [1.165, 1.54) is 7.11 Å². The van der Waals surface area contributed by atoms with Gasteiger partial charge in [-0.1, -0.05) is 53.5 Å². The summed E-state index contributed by atoms with van der Waals surface area (Å²) in [7, 11) is 1.52. The molecule has 0 atom stereocenters. The Bertz CT molecular complexity index is 1240. The van der Waals surface area contributed by atoms with Gasteiger partial charge in [0.2, 0.25) is 0 Å². The van der Waals surface area contributed by atoms with E-state index in [4.69, 9.17) is 27.9 Å². The summed E-state index contributed by atoms with van der Waals surface area (Å²) in [5.74, 6) is -0.678. The van der Waals surface area contributed by atoms with Gasteiger partial charge < -0.3 is 9.84 Å². The summed E-state index contributed by atoms with van der Waals surface area (Å²) in [5, 5.41) is 15.4. The first-order valence-electron chi connectivity index (χ1n) is 9.01. The van der Waals surface area contributed by atoms with Crippen LogP contribution in [0.15, 0.2) is 72.8 Å². The predicted octanol–water partition coefficient (Wildman–Crippen LogP) is 6.22. The number of rotatable bonds is 5. The zero-order chi connectivity index (χ0) is 21.3. The molecule has 4 aromatic rings. The van der Waals surface area contributed by atoms with Crippen molar-refractivity contribution in [2.45, 2.75) is 0 Å². The Morgan fingerprint density at radius 1 is 0.967 bits per heavy atom. The van der Waals surface area contributed by atoms with E-state index in [1.807, 2.05) is 36.4 Å². The number of halogens is 2. The minimum absolute atomic E-state index is 0.116. The molecule has 1 heterocycles. The standard InChI is InChI=1S/C23H16Cl2N2O3/c1-30-19-11-10-16(25)13-18(19)20-21(23(28)29)26-27(17-8-3-2-4-9-17)22(20)14-6-5-7-15(24)12-14/h2-13H,1H3,(H,28,29). The highest BCUT2D eigenvalue weighted by molar-refractivity contribution is 6.31. The summed E-state index contributed by atoms with van der Waals surface area (Å²) >= 11 is 12.5. The summed E-state index contributed by atoms with van der Waals surface area (Å²) in [6.07, 6.45) is 0. The van der Waals surface area contributed by atoms with E-state index in [9.17, 15) is 9.90 Å². The Morgan fingerprint density at radius 3 is 2.37 bits per heavy atom. The molecule has 30 heavy (non-hydrogen) atoms. The Morgan fingerprint density at radius 2 is 1.70 bits per heavy atom. The van der Waals surface area contributed by atoms with Crippen LogP contribution in [0, 0.1) is 0 Å². The molecule has 0 aliphatic heterocycles. The van der Waals surface area contributed by atoms with Crippen molar-refractivity contribution in [2.24, 2.45) is 0 Å². The Hall–Kier alpha value is -3.28. The number of hydrogen-bond acceptors (Lipinski definition) is 3. The van der Waals surface area contributed by atoms with Gasteiger partial charge in [0, 0.05) is 26.7 Å². The molecular formula is C23H16Cl2N2O3. The van der Waals surface area contributed by atoms with Gasteiger partial charge in [0.1, 0.15) is 5.75 Å². The normalized spacial score (nSPS) is 10.8. The van der Waals surface area contributed by atoms with Gasteiger partial charge in [0.05, 0.1) is 18.5 Å². The van der Waals surface area contributed by atoms with Crippen LogP contribution in [-0.4, -0.2) is 28.0 Å². The maximum absolute atomic E-state index is 12.2. The summed E-state index contributed by atoms with van der Waals surface area (Å²) < 4.78 is 7.11. The number of aromatic carboxylic acids is 1. The SMILES string of the molecule is COc1ccc(Cl)cc1-c1c(C(=O)O)nn(-c2ccccc2)c1-c1cccc(Cl)c1. The van der Waals surface area contributed by atoms with Crippen molar-refractivity contribution < 1.29 is 14.6 Å². The van der Waals surface area contributed by atoms with Crippen LogP contribution in [0.4, 0.5) is 0 Å². The first kappa shape index (κ1) is 20.0. The molecular weight excluding hydrogens is 423 g/mol. The van der Waals surface area contributed by atoms with Gasteiger partial charge in [-0.05, 0) is 42.5 Å². The van der Waals surface area contributed by atoms with E-state index in [0.29, 0.717) is 43.9 Å². The van der Waals surface area contributed by atoms with Crippen LogP contribution in [0.5, 0.6) is 5.75 Å². The van der Waals surface area contributed by atoms with Gasteiger partial charge >= 0.3 is 5.97 Å². The lowest BCUT2D eigenvalue weighted by atomic mass is 9.97. The number of ether oxygens (including phenoxy) is 1. The maximum Gasteiger partial charge on any atom is 0.357 e. The highest BCUT2D eigenvalue weighted by atomic mass is 35.5. The number of carboxylic acids is 1. The van der Waals surface area contributed by atoms with Crippen molar-refractivity contribution in [3.05, 3.63) is 88.5 Å². The molecule has 7 heteroatoms. The number of hydrogen-bond donors (Lipinski definition) is 1. The van der Waals surface area contributed by atoms with E-state index in [1.54, 1.807) is 41.1 Å². The summed E-state index contributed by atoms with van der Waals surface area (Å²) in [4.78, 5) is 12.2. The highest BCUT2D eigenvalue weighted by Crippen LogP contribution is 2.42. The van der Waals surface area contributed by atoms with Crippen molar-refractivity contribution >= 4 is 29.2 Å². The molecule has 0 amide bonds. The lowest BCUT2D eigenvalue weighted by Gasteiger charge is -2.13. The molecule has 3 aromatic carbocycles. The fraction of sp³-hybridized carbons (Fsp3) is 0.0435. The number of aromatic nitrogens is 2.